The second-order valence-electron chi connectivity index (χ2n) is 9.19. The van der Waals surface area contributed by atoms with Crippen LogP contribution in [-0.4, -0.2) is 55.1 Å². The van der Waals surface area contributed by atoms with Crippen molar-refractivity contribution in [1.29, 1.82) is 5.26 Å². The van der Waals surface area contributed by atoms with Gasteiger partial charge in [-0.25, -0.2) is 4.79 Å². The number of esters is 1. The van der Waals surface area contributed by atoms with Crippen LogP contribution >= 0.6 is 0 Å². The largest absolute Gasteiger partial charge is 0.457 e. The SMILES string of the molecule is Cc1c(C#N)cncc1N1CCC(CN2CCNC(c3ccc4c(c3C)COC4=O)C2)C1. The highest BCUT2D eigenvalue weighted by atomic mass is 16.5. The van der Waals surface area contributed by atoms with Crippen LogP contribution in [0.1, 0.15) is 50.6 Å². The second kappa shape index (κ2) is 8.53. The first-order chi connectivity index (χ1) is 15.5. The first-order valence-corrected chi connectivity index (χ1v) is 11.4. The molecule has 2 atom stereocenters. The van der Waals surface area contributed by atoms with Crippen LogP contribution in [0, 0.1) is 31.1 Å². The molecule has 3 aliphatic heterocycles. The summed E-state index contributed by atoms with van der Waals surface area (Å²) in [6.45, 7) is 10.6. The Hall–Kier alpha value is -2.95. The molecule has 5 rings (SSSR count). The molecule has 0 spiro atoms. The minimum atomic E-state index is -0.204. The number of carbonyl (C=O) groups is 1. The van der Waals surface area contributed by atoms with E-state index in [1.165, 1.54) is 11.1 Å². The fourth-order valence-corrected chi connectivity index (χ4v) is 5.44. The van der Waals surface area contributed by atoms with Crippen LogP contribution in [0.15, 0.2) is 24.5 Å². The van der Waals surface area contributed by atoms with E-state index >= 15 is 0 Å². The molecule has 2 aromatic rings. The molecule has 4 heterocycles. The Kier molecular flexibility index (Phi) is 5.58. The number of fused-ring (bicyclic) bond motifs is 1. The number of nitrogens with one attached hydrogen (secondary N) is 1. The molecule has 0 amide bonds. The third-order valence-electron chi connectivity index (χ3n) is 7.29. The lowest BCUT2D eigenvalue weighted by atomic mass is 9.93. The Morgan fingerprint density at radius 2 is 2.09 bits per heavy atom. The zero-order chi connectivity index (χ0) is 22.2. The van der Waals surface area contributed by atoms with Gasteiger partial charge in [0.25, 0.3) is 0 Å². The maximum atomic E-state index is 11.9. The van der Waals surface area contributed by atoms with Gasteiger partial charge in [0.15, 0.2) is 0 Å². The van der Waals surface area contributed by atoms with E-state index < -0.39 is 0 Å². The lowest BCUT2D eigenvalue weighted by Crippen LogP contribution is -2.47. The summed E-state index contributed by atoms with van der Waals surface area (Å²) >= 11 is 0. The summed E-state index contributed by atoms with van der Waals surface area (Å²) in [6, 6.07) is 6.53. The lowest BCUT2D eigenvalue weighted by Gasteiger charge is -2.36. The quantitative estimate of drug-likeness (QED) is 0.746. The summed E-state index contributed by atoms with van der Waals surface area (Å²) in [5.41, 5.74) is 6.99. The third kappa shape index (κ3) is 3.74. The van der Waals surface area contributed by atoms with E-state index in [-0.39, 0.29) is 12.0 Å². The van der Waals surface area contributed by atoms with E-state index in [0.29, 0.717) is 18.1 Å². The summed E-state index contributed by atoms with van der Waals surface area (Å²) in [4.78, 5) is 21.1. The van der Waals surface area contributed by atoms with Gasteiger partial charge < -0.3 is 15.0 Å². The van der Waals surface area contributed by atoms with E-state index in [1.807, 2.05) is 19.2 Å². The van der Waals surface area contributed by atoms with Gasteiger partial charge in [-0.2, -0.15) is 5.26 Å². The first-order valence-electron chi connectivity index (χ1n) is 11.4. The molecule has 1 N–H and O–H groups in total. The zero-order valence-electron chi connectivity index (χ0n) is 18.7. The number of hydrogen-bond acceptors (Lipinski definition) is 7. The number of nitriles is 1. The molecule has 1 aromatic heterocycles. The molecule has 2 saturated heterocycles. The summed E-state index contributed by atoms with van der Waals surface area (Å²) in [7, 11) is 0. The van der Waals surface area contributed by atoms with E-state index in [1.54, 1.807) is 6.20 Å². The topological polar surface area (TPSA) is 81.5 Å². The molecular weight excluding hydrogens is 402 g/mol. The number of cyclic esters (lactones) is 1. The smallest absolute Gasteiger partial charge is 0.338 e. The Labute approximate surface area is 189 Å². The number of pyridine rings is 1. The molecule has 2 fully saturated rings. The average Bonchev–Trinajstić information content (AvgIpc) is 3.41. The van der Waals surface area contributed by atoms with Gasteiger partial charge >= 0.3 is 5.97 Å². The van der Waals surface area contributed by atoms with Gasteiger partial charge in [0.2, 0.25) is 0 Å². The minimum absolute atomic E-state index is 0.204. The molecule has 7 nitrogen and oxygen atoms in total. The highest BCUT2D eigenvalue weighted by Gasteiger charge is 2.31. The average molecular weight is 432 g/mol. The van der Waals surface area contributed by atoms with Crippen molar-refractivity contribution in [3.8, 4) is 6.07 Å². The number of benzene rings is 1. The summed E-state index contributed by atoms with van der Waals surface area (Å²) in [5, 5.41) is 13.0. The van der Waals surface area contributed by atoms with Crippen molar-refractivity contribution in [2.45, 2.75) is 32.9 Å². The number of anilines is 1. The van der Waals surface area contributed by atoms with Crippen LogP contribution in [-0.2, 0) is 11.3 Å². The number of carbonyl (C=O) groups excluding carboxylic acids is 1. The van der Waals surface area contributed by atoms with Gasteiger partial charge in [0.1, 0.15) is 12.7 Å². The zero-order valence-corrected chi connectivity index (χ0v) is 18.7. The van der Waals surface area contributed by atoms with E-state index in [9.17, 15) is 10.1 Å². The van der Waals surface area contributed by atoms with Gasteiger partial charge in [0.05, 0.1) is 23.0 Å². The highest BCUT2D eigenvalue weighted by molar-refractivity contribution is 5.94. The van der Waals surface area contributed by atoms with Gasteiger partial charge in [-0.15, -0.1) is 0 Å². The highest BCUT2D eigenvalue weighted by Crippen LogP contribution is 2.31. The molecule has 1 aromatic carbocycles. The standard InChI is InChI=1S/C25H29N5O2/c1-16-19(9-26)10-27-11-24(16)30-7-5-18(13-30)12-29-8-6-28-23(14-29)20-3-4-21-22(17(20)2)15-32-25(21)31/h3-4,10-11,18,23,28H,5-8,12-15H2,1-2H3. The Morgan fingerprint density at radius 1 is 1.22 bits per heavy atom. The first kappa shape index (κ1) is 20.9. The molecule has 7 heteroatoms. The van der Waals surface area contributed by atoms with Crippen molar-refractivity contribution >= 4 is 11.7 Å². The molecule has 0 saturated carbocycles. The molecule has 2 unspecified atom stereocenters. The number of rotatable bonds is 4. The lowest BCUT2D eigenvalue weighted by molar-refractivity contribution is 0.0535. The van der Waals surface area contributed by atoms with E-state index in [4.69, 9.17) is 4.74 Å². The van der Waals surface area contributed by atoms with Crippen molar-refractivity contribution in [1.82, 2.24) is 15.2 Å². The number of aromatic nitrogens is 1. The molecule has 0 aliphatic carbocycles. The second-order valence-corrected chi connectivity index (χ2v) is 9.19. The fourth-order valence-electron chi connectivity index (χ4n) is 5.44. The van der Waals surface area contributed by atoms with Crippen molar-refractivity contribution in [3.63, 3.8) is 0 Å². The minimum Gasteiger partial charge on any atom is -0.457 e. The van der Waals surface area contributed by atoms with E-state index in [0.717, 1.165) is 68.1 Å². The van der Waals surface area contributed by atoms with Crippen molar-refractivity contribution in [3.05, 3.63) is 57.9 Å². The van der Waals surface area contributed by atoms with Gasteiger partial charge in [-0.1, -0.05) is 6.07 Å². The van der Waals surface area contributed by atoms with Crippen LogP contribution in [0.25, 0.3) is 0 Å². The maximum absolute atomic E-state index is 11.9. The van der Waals surface area contributed by atoms with Crippen LogP contribution in [0.5, 0.6) is 0 Å². The summed E-state index contributed by atoms with van der Waals surface area (Å²) < 4.78 is 5.23. The fraction of sp³-hybridized carbons (Fsp3) is 0.480. The Bertz CT molecular complexity index is 1090. The third-order valence-corrected chi connectivity index (χ3v) is 7.29. The molecule has 0 bridgehead atoms. The normalized spacial score (nSPS) is 23.2. The van der Waals surface area contributed by atoms with Crippen molar-refractivity contribution < 1.29 is 9.53 Å². The Morgan fingerprint density at radius 3 is 2.94 bits per heavy atom. The Balaban J connectivity index is 1.24. The number of nitrogens with zero attached hydrogens (tertiary/aromatic N) is 4. The number of hydrogen-bond donors (Lipinski definition) is 1. The maximum Gasteiger partial charge on any atom is 0.338 e. The predicted octanol–water partition coefficient (Wildman–Crippen LogP) is 2.71. The molecule has 166 valence electrons. The summed E-state index contributed by atoms with van der Waals surface area (Å²) in [5.74, 6) is 0.399. The molecule has 0 radical (unpaired) electrons. The van der Waals surface area contributed by atoms with E-state index in [2.05, 4.69) is 39.2 Å². The molecule has 3 aliphatic rings. The number of piperazine rings is 1. The summed E-state index contributed by atoms with van der Waals surface area (Å²) in [6.07, 6.45) is 4.70. The van der Waals surface area contributed by atoms with Crippen LogP contribution in [0.2, 0.25) is 0 Å². The van der Waals surface area contributed by atoms with Crippen LogP contribution in [0.4, 0.5) is 5.69 Å². The van der Waals surface area contributed by atoms with Crippen molar-refractivity contribution in [2.24, 2.45) is 5.92 Å². The van der Waals surface area contributed by atoms with Gasteiger partial charge in [-0.05, 0) is 48.9 Å². The van der Waals surface area contributed by atoms with Crippen LogP contribution < -0.4 is 10.2 Å². The monoisotopic (exact) mass is 431 g/mol. The van der Waals surface area contributed by atoms with Crippen molar-refractivity contribution in [2.75, 3.05) is 44.2 Å². The number of ether oxygens (including phenoxy) is 1. The molecule has 32 heavy (non-hydrogen) atoms. The van der Waals surface area contributed by atoms with Gasteiger partial charge in [-0.3, -0.25) is 9.88 Å². The van der Waals surface area contributed by atoms with Gasteiger partial charge in [0, 0.05) is 57.1 Å². The van der Waals surface area contributed by atoms with Crippen LogP contribution in [0.3, 0.4) is 0 Å². The molecular formula is C25H29N5O2. The predicted molar refractivity (Wildman–Crippen MR) is 121 cm³/mol.